The van der Waals surface area contributed by atoms with Gasteiger partial charge < -0.3 is 4.90 Å². The average Bonchev–Trinajstić information content (AvgIpc) is 3.14. The molecule has 2 heterocycles. The first-order valence-corrected chi connectivity index (χ1v) is 7.37. The summed E-state index contributed by atoms with van der Waals surface area (Å²) in [5, 5.41) is 4.78. The summed E-state index contributed by atoms with van der Waals surface area (Å²) in [7, 11) is 0. The van der Waals surface area contributed by atoms with E-state index in [1.165, 1.54) is 18.4 Å². The van der Waals surface area contributed by atoms with E-state index in [4.69, 9.17) is 17.4 Å². The van der Waals surface area contributed by atoms with E-state index in [9.17, 15) is 0 Å². The van der Waals surface area contributed by atoms with Crippen LogP contribution in [0, 0.1) is 0 Å². The van der Waals surface area contributed by atoms with Crippen LogP contribution in [-0.4, -0.2) is 16.0 Å². The Bertz CT molecular complexity index is 555. The van der Waals surface area contributed by atoms with E-state index >= 15 is 0 Å². The van der Waals surface area contributed by atoms with Crippen molar-refractivity contribution >= 4 is 34.7 Å². The van der Waals surface area contributed by atoms with E-state index in [2.05, 4.69) is 37.1 Å². The molecule has 5 nitrogen and oxygen atoms in total. The number of hydrazine groups is 1. The maximum Gasteiger partial charge on any atom is 0.239 e. The summed E-state index contributed by atoms with van der Waals surface area (Å²) in [5.74, 6) is 6.49. The normalized spacial score (nSPS) is 14.4. The summed E-state index contributed by atoms with van der Waals surface area (Å²) in [5.41, 5.74) is 3.73. The van der Waals surface area contributed by atoms with Gasteiger partial charge >= 0.3 is 0 Å². The van der Waals surface area contributed by atoms with Crippen LogP contribution in [-0.2, 0) is 6.54 Å². The van der Waals surface area contributed by atoms with Crippen molar-refractivity contribution in [1.82, 2.24) is 9.97 Å². The highest BCUT2D eigenvalue weighted by Gasteiger charge is 2.31. The van der Waals surface area contributed by atoms with Crippen molar-refractivity contribution in [1.29, 1.82) is 0 Å². The predicted octanol–water partition coefficient (Wildman–Crippen LogP) is 2.65. The Balaban J connectivity index is 1.91. The Kier molecular flexibility index (Phi) is 3.54. The number of anilines is 2. The first-order valence-electron chi connectivity index (χ1n) is 6.05. The molecule has 2 aromatic rings. The molecule has 0 atom stereocenters. The molecule has 100 valence electrons. The third kappa shape index (κ3) is 2.80. The highest BCUT2D eigenvalue weighted by Crippen LogP contribution is 2.35. The second kappa shape index (κ2) is 5.32. The number of hydrogen-bond acceptors (Lipinski definition) is 6. The summed E-state index contributed by atoms with van der Waals surface area (Å²) in [4.78, 5) is 10.6. The predicted molar refractivity (Wildman–Crippen MR) is 78.4 cm³/mol. The average molecular weight is 296 g/mol. The van der Waals surface area contributed by atoms with Crippen LogP contribution in [0.5, 0.6) is 0 Å². The molecule has 7 heteroatoms. The second-order valence-corrected chi connectivity index (χ2v) is 5.69. The van der Waals surface area contributed by atoms with Gasteiger partial charge in [-0.1, -0.05) is 11.6 Å². The number of thiophene rings is 1. The lowest BCUT2D eigenvalue weighted by molar-refractivity contribution is 0.778. The van der Waals surface area contributed by atoms with Gasteiger partial charge in [-0.2, -0.15) is 16.3 Å². The van der Waals surface area contributed by atoms with Crippen molar-refractivity contribution in [3.63, 3.8) is 0 Å². The van der Waals surface area contributed by atoms with Crippen molar-refractivity contribution in [3.05, 3.63) is 33.6 Å². The zero-order chi connectivity index (χ0) is 13.2. The van der Waals surface area contributed by atoms with Gasteiger partial charge in [0.05, 0.1) is 6.20 Å². The minimum atomic E-state index is 0.385. The Hall–Kier alpha value is -1.37. The first kappa shape index (κ1) is 12.7. The smallest absolute Gasteiger partial charge is 0.239 e. The molecule has 2 aromatic heterocycles. The quantitative estimate of drug-likeness (QED) is 0.656. The Morgan fingerprint density at radius 3 is 3.00 bits per heavy atom. The fourth-order valence-electron chi connectivity index (χ4n) is 1.97. The summed E-state index contributed by atoms with van der Waals surface area (Å²) >= 11 is 7.92. The fraction of sp³-hybridized carbons (Fsp3) is 0.333. The Morgan fingerprint density at radius 1 is 1.53 bits per heavy atom. The van der Waals surface area contributed by atoms with Crippen LogP contribution in [0.4, 0.5) is 11.8 Å². The van der Waals surface area contributed by atoms with Crippen molar-refractivity contribution < 1.29 is 0 Å². The number of nitrogens with two attached hydrogens (primary N) is 1. The standard InChI is InChI=1S/C12H14ClN5S/c13-10-5-15-12(17-14)16-11(10)18(9-1-2-9)6-8-3-4-19-7-8/h3-5,7,9H,1-2,6,14H2,(H,15,16,17). The molecule has 3 N–H and O–H groups in total. The molecule has 0 aliphatic heterocycles. The summed E-state index contributed by atoms with van der Waals surface area (Å²) in [6, 6.07) is 2.63. The van der Waals surface area contributed by atoms with Gasteiger partial charge in [-0.05, 0) is 35.2 Å². The topological polar surface area (TPSA) is 67.1 Å². The maximum absolute atomic E-state index is 6.23. The molecular weight excluding hydrogens is 282 g/mol. The third-order valence-electron chi connectivity index (χ3n) is 3.05. The van der Waals surface area contributed by atoms with Crippen LogP contribution in [0.25, 0.3) is 0 Å². The highest BCUT2D eigenvalue weighted by atomic mass is 35.5. The van der Waals surface area contributed by atoms with Gasteiger partial charge in [0.2, 0.25) is 5.95 Å². The lowest BCUT2D eigenvalue weighted by atomic mass is 10.3. The molecule has 0 saturated heterocycles. The number of nitrogens with zero attached hydrogens (tertiary/aromatic N) is 3. The van der Waals surface area contributed by atoms with Gasteiger partial charge in [-0.25, -0.2) is 10.8 Å². The molecule has 0 aromatic carbocycles. The maximum atomic E-state index is 6.23. The number of nitrogen functional groups attached to an aromatic ring is 1. The van der Waals surface area contributed by atoms with Gasteiger partial charge in [0, 0.05) is 12.6 Å². The number of halogens is 1. The molecule has 19 heavy (non-hydrogen) atoms. The molecule has 0 spiro atoms. The van der Waals surface area contributed by atoms with Crippen LogP contribution in [0.3, 0.4) is 0 Å². The SMILES string of the molecule is NNc1ncc(Cl)c(N(Cc2ccsc2)C2CC2)n1. The molecule has 0 unspecified atom stereocenters. The van der Waals surface area contributed by atoms with E-state index in [1.54, 1.807) is 17.5 Å². The molecule has 1 fully saturated rings. The molecule has 1 aliphatic rings. The summed E-state index contributed by atoms with van der Waals surface area (Å²) in [6.45, 7) is 0.814. The number of hydrogen-bond donors (Lipinski definition) is 2. The Morgan fingerprint density at radius 2 is 2.37 bits per heavy atom. The van der Waals surface area contributed by atoms with Crippen LogP contribution in [0.1, 0.15) is 18.4 Å². The number of aromatic nitrogens is 2. The monoisotopic (exact) mass is 295 g/mol. The van der Waals surface area contributed by atoms with Crippen molar-refractivity contribution in [3.8, 4) is 0 Å². The van der Waals surface area contributed by atoms with E-state index in [-0.39, 0.29) is 0 Å². The zero-order valence-corrected chi connectivity index (χ0v) is 11.8. The molecule has 0 radical (unpaired) electrons. The van der Waals surface area contributed by atoms with Crippen molar-refractivity contribution in [2.75, 3.05) is 10.3 Å². The number of rotatable bonds is 5. The highest BCUT2D eigenvalue weighted by molar-refractivity contribution is 7.07. The van der Waals surface area contributed by atoms with Gasteiger partial charge in [0.25, 0.3) is 0 Å². The Labute approximate surface area is 120 Å². The first-order chi connectivity index (χ1) is 9.28. The van der Waals surface area contributed by atoms with Crippen molar-refractivity contribution in [2.45, 2.75) is 25.4 Å². The van der Waals surface area contributed by atoms with Crippen molar-refractivity contribution in [2.24, 2.45) is 5.84 Å². The molecule has 1 aliphatic carbocycles. The van der Waals surface area contributed by atoms with Crippen LogP contribution in [0.15, 0.2) is 23.0 Å². The fourth-order valence-corrected chi connectivity index (χ4v) is 2.83. The number of nitrogens with one attached hydrogen (secondary N) is 1. The van der Waals surface area contributed by atoms with Crippen LogP contribution < -0.4 is 16.2 Å². The van der Waals surface area contributed by atoms with Crippen LogP contribution in [0.2, 0.25) is 5.02 Å². The summed E-state index contributed by atoms with van der Waals surface area (Å²) in [6.07, 6.45) is 3.94. The van der Waals surface area contributed by atoms with Crippen LogP contribution >= 0.6 is 22.9 Å². The van der Waals surface area contributed by atoms with E-state index in [1.807, 2.05) is 0 Å². The third-order valence-corrected chi connectivity index (χ3v) is 4.05. The second-order valence-electron chi connectivity index (χ2n) is 4.50. The van der Waals surface area contributed by atoms with E-state index < -0.39 is 0 Å². The van der Waals surface area contributed by atoms with E-state index in [0.717, 1.165) is 12.4 Å². The van der Waals surface area contributed by atoms with E-state index in [0.29, 0.717) is 17.0 Å². The largest absolute Gasteiger partial charge is 0.348 e. The van der Waals surface area contributed by atoms with Gasteiger partial charge in [0.15, 0.2) is 5.82 Å². The lowest BCUT2D eigenvalue weighted by Gasteiger charge is -2.24. The molecule has 1 saturated carbocycles. The zero-order valence-electron chi connectivity index (χ0n) is 10.2. The summed E-state index contributed by atoms with van der Waals surface area (Å²) < 4.78 is 0. The lowest BCUT2D eigenvalue weighted by Crippen LogP contribution is -2.27. The minimum absolute atomic E-state index is 0.385. The van der Waals surface area contributed by atoms with Gasteiger partial charge in [-0.3, -0.25) is 5.43 Å². The molecule has 0 bridgehead atoms. The van der Waals surface area contributed by atoms with Gasteiger partial charge in [0.1, 0.15) is 5.02 Å². The molecule has 0 amide bonds. The molecule has 3 rings (SSSR count). The molecular formula is C12H14ClN5S. The van der Waals surface area contributed by atoms with Gasteiger partial charge in [-0.15, -0.1) is 0 Å². The minimum Gasteiger partial charge on any atom is -0.348 e.